The minimum Gasteiger partial charge on any atom is -0.463 e. The lowest BCUT2D eigenvalue weighted by atomic mass is 9.95. The van der Waals surface area contributed by atoms with E-state index in [0.29, 0.717) is 22.8 Å². The van der Waals surface area contributed by atoms with Gasteiger partial charge in [0.25, 0.3) is 11.6 Å². The van der Waals surface area contributed by atoms with Crippen LogP contribution in [0.4, 0.5) is 5.69 Å². The summed E-state index contributed by atoms with van der Waals surface area (Å²) in [5, 5.41) is 18.7. The van der Waals surface area contributed by atoms with Gasteiger partial charge < -0.3 is 9.73 Å². The third-order valence-electron chi connectivity index (χ3n) is 4.94. The van der Waals surface area contributed by atoms with Crippen LogP contribution in [-0.2, 0) is 0 Å². The molecule has 1 aliphatic rings. The molecule has 0 bridgehead atoms. The van der Waals surface area contributed by atoms with Gasteiger partial charge in [-0.1, -0.05) is 25.3 Å². The molecule has 3 aromatic rings. The first-order chi connectivity index (χ1) is 13.6. The summed E-state index contributed by atoms with van der Waals surface area (Å²) in [4.78, 5) is 23.6. The molecule has 144 valence electrons. The fourth-order valence-electron chi connectivity index (χ4n) is 3.53. The fraction of sp³-hybridized carbons (Fsp3) is 0.300. The molecule has 2 aromatic heterocycles. The average molecular weight is 380 g/mol. The molecule has 0 unspecified atom stereocenters. The van der Waals surface area contributed by atoms with Gasteiger partial charge in [0, 0.05) is 24.2 Å². The van der Waals surface area contributed by atoms with E-state index >= 15 is 0 Å². The van der Waals surface area contributed by atoms with E-state index in [9.17, 15) is 14.9 Å². The summed E-state index contributed by atoms with van der Waals surface area (Å²) in [5.74, 6) is 0.277. The molecule has 2 heterocycles. The summed E-state index contributed by atoms with van der Waals surface area (Å²) in [6.07, 6.45) is 6.85. The van der Waals surface area contributed by atoms with E-state index in [0.717, 1.165) is 25.7 Å². The Morgan fingerprint density at radius 1 is 1.18 bits per heavy atom. The highest BCUT2D eigenvalue weighted by Crippen LogP contribution is 2.25. The zero-order valence-electron chi connectivity index (χ0n) is 15.2. The van der Waals surface area contributed by atoms with Gasteiger partial charge in [-0.15, -0.1) is 0 Å². The first-order valence-corrected chi connectivity index (χ1v) is 9.31. The van der Waals surface area contributed by atoms with E-state index in [2.05, 4.69) is 10.4 Å². The molecular weight excluding hydrogens is 360 g/mol. The number of benzene rings is 1. The molecule has 1 fully saturated rings. The third kappa shape index (κ3) is 3.66. The number of nitrogens with zero attached hydrogens (tertiary/aromatic N) is 3. The molecule has 1 saturated carbocycles. The maximum absolute atomic E-state index is 13.0. The van der Waals surface area contributed by atoms with E-state index in [1.165, 1.54) is 29.5 Å². The number of nitro groups is 1. The van der Waals surface area contributed by atoms with Crippen LogP contribution in [-0.4, -0.2) is 26.7 Å². The van der Waals surface area contributed by atoms with Gasteiger partial charge in [0.2, 0.25) is 0 Å². The van der Waals surface area contributed by atoms with Crippen LogP contribution < -0.4 is 5.32 Å². The number of nitrogens with one attached hydrogen (secondary N) is 1. The summed E-state index contributed by atoms with van der Waals surface area (Å²) in [5.41, 5.74) is 1.19. The largest absolute Gasteiger partial charge is 0.463 e. The van der Waals surface area contributed by atoms with Crippen molar-refractivity contribution in [2.75, 3.05) is 0 Å². The molecule has 1 aliphatic carbocycles. The standard InChI is InChI=1S/C20H20N4O4/c25-20(21-14-6-2-1-3-7-14)18-13-17(19-10-5-11-28-19)22-23(18)15-8-4-9-16(12-15)24(26)27/h4-5,8-14H,1-3,6-7H2,(H,21,25). The SMILES string of the molecule is O=C(NC1CCCCC1)c1cc(-c2ccco2)nn1-c1cccc([N+](=O)[O-])c1. The van der Waals surface area contributed by atoms with Crippen LogP contribution in [0.2, 0.25) is 0 Å². The molecule has 0 radical (unpaired) electrons. The highest BCUT2D eigenvalue weighted by Gasteiger charge is 2.23. The average Bonchev–Trinajstić information content (AvgIpc) is 3.38. The first-order valence-electron chi connectivity index (χ1n) is 9.31. The maximum Gasteiger partial charge on any atom is 0.271 e. The Hall–Kier alpha value is -3.42. The molecule has 1 amide bonds. The monoisotopic (exact) mass is 380 g/mol. The van der Waals surface area contributed by atoms with Crippen molar-refractivity contribution < 1.29 is 14.1 Å². The predicted octanol–water partition coefficient (Wildman–Crippen LogP) is 4.10. The summed E-state index contributed by atoms with van der Waals surface area (Å²) in [7, 11) is 0. The molecule has 8 heteroatoms. The number of aromatic nitrogens is 2. The van der Waals surface area contributed by atoms with Gasteiger partial charge in [-0.25, -0.2) is 4.68 Å². The minimum atomic E-state index is -0.470. The van der Waals surface area contributed by atoms with Crippen molar-refractivity contribution in [3.05, 3.63) is 64.5 Å². The maximum atomic E-state index is 13.0. The topological polar surface area (TPSA) is 103 Å². The zero-order chi connectivity index (χ0) is 19.5. The van der Waals surface area contributed by atoms with Crippen molar-refractivity contribution in [2.24, 2.45) is 0 Å². The zero-order valence-corrected chi connectivity index (χ0v) is 15.2. The summed E-state index contributed by atoms with van der Waals surface area (Å²) in [6, 6.07) is 11.3. The minimum absolute atomic E-state index is 0.0637. The lowest BCUT2D eigenvalue weighted by molar-refractivity contribution is -0.384. The van der Waals surface area contributed by atoms with Crippen molar-refractivity contribution >= 4 is 11.6 Å². The molecular formula is C20H20N4O4. The van der Waals surface area contributed by atoms with Crippen LogP contribution in [0, 0.1) is 10.1 Å². The smallest absolute Gasteiger partial charge is 0.271 e. The highest BCUT2D eigenvalue weighted by atomic mass is 16.6. The van der Waals surface area contributed by atoms with E-state index in [1.807, 2.05) is 0 Å². The van der Waals surface area contributed by atoms with E-state index in [1.54, 1.807) is 30.3 Å². The van der Waals surface area contributed by atoms with E-state index in [4.69, 9.17) is 4.42 Å². The Kier molecular flexibility index (Phi) is 4.92. The first kappa shape index (κ1) is 18.0. The lowest BCUT2D eigenvalue weighted by Crippen LogP contribution is -2.37. The van der Waals surface area contributed by atoms with Crippen LogP contribution in [0.5, 0.6) is 0 Å². The lowest BCUT2D eigenvalue weighted by Gasteiger charge is -2.22. The molecule has 28 heavy (non-hydrogen) atoms. The number of amides is 1. The highest BCUT2D eigenvalue weighted by molar-refractivity contribution is 5.94. The van der Waals surface area contributed by atoms with Crippen LogP contribution in [0.1, 0.15) is 42.6 Å². The Morgan fingerprint density at radius 2 is 2.00 bits per heavy atom. The predicted molar refractivity (Wildman–Crippen MR) is 102 cm³/mol. The molecule has 0 saturated heterocycles. The fourth-order valence-corrected chi connectivity index (χ4v) is 3.53. The van der Waals surface area contributed by atoms with Crippen molar-refractivity contribution in [3.8, 4) is 17.1 Å². The van der Waals surface area contributed by atoms with E-state index in [-0.39, 0.29) is 17.6 Å². The quantitative estimate of drug-likeness (QED) is 0.530. The summed E-state index contributed by atoms with van der Waals surface area (Å²) >= 11 is 0. The van der Waals surface area contributed by atoms with E-state index < -0.39 is 4.92 Å². The van der Waals surface area contributed by atoms with Gasteiger partial charge in [0.1, 0.15) is 11.4 Å². The Labute approximate surface area is 161 Å². The van der Waals surface area contributed by atoms with Gasteiger partial charge in [-0.2, -0.15) is 5.10 Å². The van der Waals surface area contributed by atoms with Crippen molar-refractivity contribution in [2.45, 2.75) is 38.1 Å². The third-order valence-corrected chi connectivity index (χ3v) is 4.94. The number of furan rings is 1. The van der Waals surface area contributed by atoms with Gasteiger partial charge in [0.05, 0.1) is 16.9 Å². The van der Waals surface area contributed by atoms with Gasteiger partial charge in [0.15, 0.2) is 5.76 Å². The molecule has 1 N–H and O–H groups in total. The summed E-state index contributed by atoms with van der Waals surface area (Å²) < 4.78 is 6.83. The normalized spacial score (nSPS) is 14.7. The Morgan fingerprint density at radius 3 is 2.71 bits per heavy atom. The van der Waals surface area contributed by atoms with Crippen LogP contribution in [0.3, 0.4) is 0 Å². The number of hydrogen-bond acceptors (Lipinski definition) is 5. The molecule has 0 aliphatic heterocycles. The van der Waals surface area contributed by atoms with Crippen molar-refractivity contribution in [1.82, 2.24) is 15.1 Å². The Balaban J connectivity index is 1.72. The molecule has 0 spiro atoms. The molecule has 0 atom stereocenters. The van der Waals surface area contributed by atoms with Gasteiger partial charge in [-0.05, 0) is 31.0 Å². The second kappa shape index (κ2) is 7.67. The van der Waals surface area contributed by atoms with Crippen LogP contribution >= 0.6 is 0 Å². The van der Waals surface area contributed by atoms with Crippen molar-refractivity contribution in [1.29, 1.82) is 0 Å². The van der Waals surface area contributed by atoms with Gasteiger partial charge in [-0.3, -0.25) is 14.9 Å². The van der Waals surface area contributed by atoms with Gasteiger partial charge >= 0.3 is 0 Å². The molecule has 8 nitrogen and oxygen atoms in total. The Bertz CT molecular complexity index is 988. The van der Waals surface area contributed by atoms with Crippen molar-refractivity contribution in [3.63, 3.8) is 0 Å². The number of hydrogen-bond donors (Lipinski definition) is 1. The number of non-ortho nitro benzene ring substituents is 1. The number of carbonyl (C=O) groups excluding carboxylic acids is 1. The summed E-state index contributed by atoms with van der Waals surface area (Å²) in [6.45, 7) is 0. The second-order valence-electron chi connectivity index (χ2n) is 6.89. The number of carbonyl (C=O) groups is 1. The molecule has 1 aromatic carbocycles. The van der Waals surface area contributed by atoms with Crippen LogP contribution in [0.25, 0.3) is 17.1 Å². The van der Waals surface area contributed by atoms with Crippen LogP contribution in [0.15, 0.2) is 53.1 Å². The second-order valence-corrected chi connectivity index (χ2v) is 6.89. The number of rotatable bonds is 5. The molecule has 4 rings (SSSR count). The number of nitro benzene ring substituents is 1.